The van der Waals surface area contributed by atoms with Gasteiger partial charge in [-0.25, -0.2) is 4.98 Å². The summed E-state index contributed by atoms with van der Waals surface area (Å²) in [5.74, 6) is 1.99. The highest BCUT2D eigenvalue weighted by Crippen LogP contribution is 2.32. The largest absolute Gasteiger partial charge is 0.459 e. The van der Waals surface area contributed by atoms with Gasteiger partial charge in [-0.15, -0.1) is 0 Å². The molecule has 5 nitrogen and oxygen atoms in total. The lowest BCUT2D eigenvalue weighted by atomic mass is 9.96. The summed E-state index contributed by atoms with van der Waals surface area (Å²) in [6, 6.07) is 10.0. The molecule has 30 heavy (non-hydrogen) atoms. The molecule has 1 atom stereocenters. The van der Waals surface area contributed by atoms with E-state index >= 15 is 0 Å². The summed E-state index contributed by atoms with van der Waals surface area (Å²) in [6.45, 7) is 8.69. The Bertz CT molecular complexity index is 1140. The molecule has 2 aromatic heterocycles. The number of pyridine rings is 1. The van der Waals surface area contributed by atoms with E-state index in [2.05, 4.69) is 29.9 Å². The minimum atomic E-state index is -0.0793. The summed E-state index contributed by atoms with van der Waals surface area (Å²) >= 11 is 0. The molecule has 3 aromatic rings. The van der Waals surface area contributed by atoms with Crippen molar-refractivity contribution in [2.75, 3.05) is 12.4 Å². The second-order valence-corrected chi connectivity index (χ2v) is 8.05. The van der Waals surface area contributed by atoms with Crippen molar-refractivity contribution in [3.05, 3.63) is 77.3 Å². The van der Waals surface area contributed by atoms with Crippen molar-refractivity contribution in [2.24, 2.45) is 0 Å². The SMILES string of the molecule is C=C1CCC(C)c2cc(/C=C/C(=O)N(C)Cc3oc4ccccc4c3C)cnc2N1. The first-order valence-corrected chi connectivity index (χ1v) is 10.3. The Balaban J connectivity index is 1.48. The molecule has 1 amide bonds. The van der Waals surface area contributed by atoms with Gasteiger partial charge in [0.1, 0.15) is 17.2 Å². The Morgan fingerprint density at radius 3 is 3.00 bits per heavy atom. The number of carbonyl (C=O) groups excluding carboxylic acids is 1. The summed E-state index contributed by atoms with van der Waals surface area (Å²) in [6.07, 6.45) is 7.17. The Morgan fingerprint density at radius 1 is 1.40 bits per heavy atom. The van der Waals surface area contributed by atoms with Crippen LogP contribution in [0.2, 0.25) is 0 Å². The first-order chi connectivity index (χ1) is 14.4. The van der Waals surface area contributed by atoms with Gasteiger partial charge in [0.25, 0.3) is 0 Å². The van der Waals surface area contributed by atoms with Crippen molar-refractivity contribution >= 4 is 28.8 Å². The topological polar surface area (TPSA) is 58.4 Å². The first kappa shape index (κ1) is 20.0. The third-order valence-corrected chi connectivity index (χ3v) is 5.76. The number of fused-ring (bicyclic) bond motifs is 2. The van der Waals surface area contributed by atoms with Crippen LogP contribution in [0.4, 0.5) is 5.82 Å². The van der Waals surface area contributed by atoms with E-state index in [1.165, 1.54) is 0 Å². The molecule has 1 aliphatic rings. The van der Waals surface area contributed by atoms with Gasteiger partial charge in [-0.1, -0.05) is 31.7 Å². The normalized spacial score (nSPS) is 16.4. The lowest BCUT2D eigenvalue weighted by Crippen LogP contribution is -2.24. The Labute approximate surface area is 177 Å². The van der Waals surface area contributed by atoms with Gasteiger partial charge in [-0.2, -0.15) is 0 Å². The highest BCUT2D eigenvalue weighted by Gasteiger charge is 2.18. The molecule has 154 valence electrons. The van der Waals surface area contributed by atoms with Crippen LogP contribution in [0.25, 0.3) is 17.0 Å². The number of furan rings is 1. The van der Waals surface area contributed by atoms with E-state index in [0.29, 0.717) is 12.5 Å². The highest BCUT2D eigenvalue weighted by molar-refractivity contribution is 5.91. The maximum Gasteiger partial charge on any atom is 0.246 e. The van der Waals surface area contributed by atoms with Crippen molar-refractivity contribution in [3.8, 4) is 0 Å². The predicted octanol–water partition coefficient (Wildman–Crippen LogP) is 5.63. The van der Waals surface area contributed by atoms with Crippen LogP contribution in [0, 0.1) is 6.92 Å². The van der Waals surface area contributed by atoms with E-state index in [-0.39, 0.29) is 5.91 Å². The third-order valence-electron chi connectivity index (χ3n) is 5.76. The van der Waals surface area contributed by atoms with Crippen molar-refractivity contribution in [1.29, 1.82) is 0 Å². The zero-order valence-electron chi connectivity index (χ0n) is 17.7. The molecule has 0 radical (unpaired) electrons. The molecule has 0 bridgehead atoms. The summed E-state index contributed by atoms with van der Waals surface area (Å²) < 4.78 is 5.93. The van der Waals surface area contributed by atoms with Gasteiger partial charge in [-0.05, 0) is 55.0 Å². The number of hydrogen-bond donors (Lipinski definition) is 1. The zero-order chi connectivity index (χ0) is 21.3. The van der Waals surface area contributed by atoms with E-state index < -0.39 is 0 Å². The van der Waals surface area contributed by atoms with Crippen LogP contribution in [0.1, 0.15) is 48.1 Å². The Kier molecular flexibility index (Phi) is 5.44. The minimum Gasteiger partial charge on any atom is -0.459 e. The van der Waals surface area contributed by atoms with Crippen LogP contribution < -0.4 is 5.32 Å². The number of nitrogens with zero attached hydrogens (tertiary/aromatic N) is 2. The molecule has 0 fully saturated rings. The maximum atomic E-state index is 12.7. The summed E-state index contributed by atoms with van der Waals surface area (Å²) in [5.41, 5.74) is 5.00. The van der Waals surface area contributed by atoms with Gasteiger partial charge in [-0.3, -0.25) is 4.79 Å². The molecular formula is C25H27N3O2. The van der Waals surface area contributed by atoms with Crippen LogP contribution >= 0.6 is 0 Å². The zero-order valence-corrected chi connectivity index (χ0v) is 17.7. The van der Waals surface area contributed by atoms with Crippen molar-refractivity contribution in [1.82, 2.24) is 9.88 Å². The number of likely N-dealkylation sites (N-methyl/N-ethyl adjacent to an activating group) is 1. The fourth-order valence-corrected chi connectivity index (χ4v) is 3.81. The average Bonchev–Trinajstić information content (AvgIpc) is 2.98. The van der Waals surface area contributed by atoms with Crippen molar-refractivity contribution in [3.63, 3.8) is 0 Å². The first-order valence-electron chi connectivity index (χ1n) is 10.3. The van der Waals surface area contributed by atoms with Gasteiger partial charge in [0, 0.05) is 36.0 Å². The lowest BCUT2D eigenvalue weighted by Gasteiger charge is -2.14. The number of carbonyl (C=O) groups is 1. The molecule has 3 heterocycles. The number of anilines is 1. The fourth-order valence-electron chi connectivity index (χ4n) is 3.81. The maximum absolute atomic E-state index is 12.7. The number of aryl methyl sites for hydroxylation is 1. The van der Waals surface area contributed by atoms with Gasteiger partial charge in [0.2, 0.25) is 5.91 Å². The number of amides is 1. The van der Waals surface area contributed by atoms with E-state index in [4.69, 9.17) is 4.42 Å². The molecule has 5 heteroatoms. The number of aromatic nitrogens is 1. The molecule has 1 aliphatic heterocycles. The molecule has 1 N–H and O–H groups in total. The highest BCUT2D eigenvalue weighted by atomic mass is 16.3. The number of hydrogen-bond acceptors (Lipinski definition) is 4. The number of allylic oxidation sites excluding steroid dienone is 1. The second kappa shape index (κ2) is 8.19. The van der Waals surface area contributed by atoms with E-state index in [1.54, 1.807) is 24.2 Å². The van der Waals surface area contributed by atoms with Crippen LogP contribution in [-0.4, -0.2) is 22.8 Å². The van der Waals surface area contributed by atoms with E-state index in [1.807, 2.05) is 37.3 Å². The summed E-state index contributed by atoms with van der Waals surface area (Å²) in [4.78, 5) is 18.9. The second-order valence-electron chi connectivity index (χ2n) is 8.05. The Hall–Kier alpha value is -3.34. The summed E-state index contributed by atoms with van der Waals surface area (Å²) in [5, 5.41) is 4.38. The Morgan fingerprint density at radius 2 is 2.20 bits per heavy atom. The van der Waals surface area contributed by atoms with E-state index in [9.17, 15) is 4.79 Å². The number of rotatable bonds is 4. The average molecular weight is 402 g/mol. The molecule has 0 aliphatic carbocycles. The van der Waals surface area contributed by atoms with Crippen molar-refractivity contribution < 1.29 is 9.21 Å². The molecule has 0 saturated carbocycles. The quantitative estimate of drug-likeness (QED) is 0.576. The molecule has 0 spiro atoms. The van der Waals surface area contributed by atoms with Crippen LogP contribution in [0.3, 0.4) is 0 Å². The number of benzene rings is 1. The molecule has 4 rings (SSSR count). The van der Waals surface area contributed by atoms with Crippen LogP contribution in [0.15, 0.2) is 59.3 Å². The molecule has 1 aromatic carbocycles. The summed E-state index contributed by atoms with van der Waals surface area (Å²) in [7, 11) is 1.78. The predicted molar refractivity (Wildman–Crippen MR) is 121 cm³/mol. The lowest BCUT2D eigenvalue weighted by molar-refractivity contribution is -0.125. The smallest absolute Gasteiger partial charge is 0.246 e. The molecule has 0 saturated heterocycles. The molecule has 1 unspecified atom stereocenters. The van der Waals surface area contributed by atoms with Gasteiger partial charge in [0.15, 0.2) is 0 Å². The monoisotopic (exact) mass is 401 g/mol. The van der Waals surface area contributed by atoms with Crippen LogP contribution in [0.5, 0.6) is 0 Å². The van der Waals surface area contributed by atoms with Crippen LogP contribution in [-0.2, 0) is 11.3 Å². The fraction of sp³-hybridized carbons (Fsp3) is 0.280. The number of nitrogens with one attached hydrogen (secondary N) is 1. The van der Waals surface area contributed by atoms with Gasteiger partial charge in [0.05, 0.1) is 6.54 Å². The van der Waals surface area contributed by atoms with E-state index in [0.717, 1.165) is 57.8 Å². The van der Waals surface area contributed by atoms with Gasteiger partial charge < -0.3 is 14.6 Å². The third kappa shape index (κ3) is 4.01. The van der Waals surface area contributed by atoms with Gasteiger partial charge >= 0.3 is 0 Å². The standard InChI is InChI=1S/C25H27N3O2/c1-16-9-10-17(2)27-25-21(16)13-19(14-26-25)11-12-24(29)28(4)15-23-18(3)20-7-5-6-8-22(20)30-23/h5-8,11-14,16H,2,9-10,15H2,1,3-4H3,(H,26,27)/b12-11+. The number of para-hydroxylation sites is 1. The molecular weight excluding hydrogens is 374 g/mol. The van der Waals surface area contributed by atoms with Crippen molar-refractivity contribution in [2.45, 2.75) is 39.2 Å². The minimum absolute atomic E-state index is 0.0793.